The zero-order chi connectivity index (χ0) is 16.8. The zero-order valence-electron chi connectivity index (χ0n) is 11.8. The first-order valence-electron chi connectivity index (χ1n) is 6.47. The largest absolute Gasteiger partial charge is 0.504 e. The summed E-state index contributed by atoms with van der Waals surface area (Å²) in [5.74, 6) is -1.14. The maximum Gasteiger partial charge on any atom is 0.270 e. The molecule has 1 aromatic heterocycles. The number of halogens is 2. The molecule has 0 saturated carbocycles. The third-order valence-corrected chi connectivity index (χ3v) is 5.22. The highest BCUT2D eigenvalue weighted by atomic mass is 32.2. The van der Waals surface area contributed by atoms with Crippen LogP contribution in [0.15, 0.2) is 28.9 Å². The Bertz CT molecular complexity index is 892. The lowest BCUT2D eigenvalue weighted by molar-refractivity contribution is 0.159. The Balaban J connectivity index is 2.30. The molecule has 0 unspecified atom stereocenters. The molecule has 1 aromatic carbocycles. The average molecular weight is 343 g/mol. The predicted molar refractivity (Wildman–Crippen MR) is 77.2 cm³/mol. The van der Waals surface area contributed by atoms with Gasteiger partial charge in [-0.25, -0.2) is 26.1 Å². The minimum atomic E-state index is -4.45. The van der Waals surface area contributed by atoms with Crippen LogP contribution in [0.5, 0.6) is 0 Å². The number of aromatic nitrogens is 2. The molecular weight excluding hydrogens is 332 g/mol. The highest BCUT2D eigenvalue weighted by Crippen LogP contribution is 2.41. The van der Waals surface area contributed by atoms with Gasteiger partial charge in [0.15, 0.2) is 11.5 Å². The van der Waals surface area contributed by atoms with E-state index in [4.69, 9.17) is 0 Å². The van der Waals surface area contributed by atoms with Crippen molar-refractivity contribution in [1.29, 1.82) is 0 Å². The molecule has 0 amide bonds. The molecular formula is C13H11F2N3O4S. The van der Waals surface area contributed by atoms with Gasteiger partial charge in [0.25, 0.3) is 16.4 Å². The number of aryl methyl sites for hydroxylation is 1. The molecule has 23 heavy (non-hydrogen) atoms. The number of hydrogen-bond donors (Lipinski definition) is 1. The Morgan fingerprint density at radius 3 is 2.65 bits per heavy atom. The molecule has 1 aliphatic rings. The van der Waals surface area contributed by atoms with Gasteiger partial charge in [0.2, 0.25) is 5.82 Å². The summed E-state index contributed by atoms with van der Waals surface area (Å²) in [4.78, 5) is -0.501. The van der Waals surface area contributed by atoms with Crippen molar-refractivity contribution in [3.63, 3.8) is 0 Å². The van der Waals surface area contributed by atoms with Crippen molar-refractivity contribution in [2.45, 2.75) is 13.3 Å². The minimum Gasteiger partial charge on any atom is -0.504 e. The number of benzene rings is 1. The van der Waals surface area contributed by atoms with Crippen molar-refractivity contribution in [2.24, 2.45) is 0 Å². The Morgan fingerprint density at radius 1 is 1.30 bits per heavy atom. The molecule has 7 nitrogen and oxygen atoms in total. The summed E-state index contributed by atoms with van der Waals surface area (Å²) in [5.41, 5.74) is 0.450. The molecule has 0 spiro atoms. The number of fused-ring (bicyclic) bond motifs is 1. The first-order chi connectivity index (χ1) is 10.8. The quantitative estimate of drug-likeness (QED) is 0.917. The van der Waals surface area contributed by atoms with E-state index in [1.54, 1.807) is 25.1 Å². The van der Waals surface area contributed by atoms with Gasteiger partial charge in [-0.05, 0) is 22.8 Å². The van der Waals surface area contributed by atoms with Gasteiger partial charge in [0, 0.05) is 5.56 Å². The van der Waals surface area contributed by atoms with Crippen LogP contribution in [0.1, 0.15) is 16.8 Å². The summed E-state index contributed by atoms with van der Waals surface area (Å²) in [6, 6.07) is 6.37. The van der Waals surface area contributed by atoms with Crippen LogP contribution in [0.2, 0.25) is 0 Å². The maximum absolute atomic E-state index is 12.8. The third kappa shape index (κ3) is 2.34. The standard InChI is InChI=1S/C13H11F2N3O4S/c1-7-4-2-3-5-8(7)12-11(19)10-13(17-22-16-10)18(6-9(14)15)23(12,20)21/h2-5,9,19H,6H2,1H3. The van der Waals surface area contributed by atoms with Crippen molar-refractivity contribution in [2.75, 3.05) is 10.8 Å². The SMILES string of the molecule is Cc1ccccc1C1=C(O)c2nonc2N(CC(F)F)S1(=O)=O. The van der Waals surface area contributed by atoms with Gasteiger partial charge in [0.05, 0.1) is 6.54 Å². The smallest absolute Gasteiger partial charge is 0.270 e. The molecule has 122 valence electrons. The van der Waals surface area contributed by atoms with Crippen LogP contribution in [0.25, 0.3) is 10.7 Å². The lowest BCUT2D eigenvalue weighted by Crippen LogP contribution is -2.39. The topological polar surface area (TPSA) is 96.5 Å². The third-order valence-electron chi connectivity index (χ3n) is 3.39. The molecule has 0 radical (unpaired) electrons. The van der Waals surface area contributed by atoms with Crippen LogP contribution >= 0.6 is 0 Å². The van der Waals surface area contributed by atoms with Crippen LogP contribution < -0.4 is 4.31 Å². The second kappa shape index (κ2) is 5.30. The van der Waals surface area contributed by atoms with Gasteiger partial charge in [0.1, 0.15) is 4.91 Å². The number of alkyl halides is 2. The summed E-state index contributed by atoms with van der Waals surface area (Å²) < 4.78 is 55.9. The molecule has 0 atom stereocenters. The van der Waals surface area contributed by atoms with Gasteiger partial charge in [-0.3, -0.25) is 0 Å². The molecule has 10 heteroatoms. The molecule has 1 N–H and O–H groups in total. The molecule has 3 rings (SSSR count). The van der Waals surface area contributed by atoms with E-state index in [1.807, 2.05) is 0 Å². The van der Waals surface area contributed by atoms with Gasteiger partial charge >= 0.3 is 0 Å². The second-order valence-electron chi connectivity index (χ2n) is 4.86. The zero-order valence-corrected chi connectivity index (χ0v) is 12.6. The number of hydrogen-bond acceptors (Lipinski definition) is 6. The number of anilines is 1. The normalized spacial score (nSPS) is 16.8. The Labute approximate surface area is 129 Å². The highest BCUT2D eigenvalue weighted by molar-refractivity contribution is 8.02. The fourth-order valence-electron chi connectivity index (χ4n) is 2.35. The fraction of sp³-hybridized carbons (Fsp3) is 0.231. The van der Waals surface area contributed by atoms with E-state index in [-0.39, 0.29) is 11.3 Å². The first-order valence-corrected chi connectivity index (χ1v) is 7.91. The Hall–Kier alpha value is -2.49. The van der Waals surface area contributed by atoms with Crippen LogP contribution in [-0.4, -0.2) is 36.8 Å². The van der Waals surface area contributed by atoms with Crippen molar-refractivity contribution < 1.29 is 26.9 Å². The van der Waals surface area contributed by atoms with E-state index in [9.17, 15) is 22.3 Å². The highest BCUT2D eigenvalue weighted by Gasteiger charge is 2.43. The van der Waals surface area contributed by atoms with Crippen molar-refractivity contribution in [1.82, 2.24) is 10.3 Å². The summed E-state index contributed by atoms with van der Waals surface area (Å²) >= 11 is 0. The minimum absolute atomic E-state index is 0.193. The number of rotatable bonds is 3. The van der Waals surface area contributed by atoms with Crippen LogP contribution in [0.3, 0.4) is 0 Å². The van der Waals surface area contributed by atoms with Crippen molar-refractivity contribution in [3.8, 4) is 0 Å². The molecule has 0 bridgehead atoms. The second-order valence-corrected chi connectivity index (χ2v) is 6.66. The number of aliphatic hydroxyl groups excluding tert-OH is 1. The maximum atomic E-state index is 12.8. The molecule has 2 heterocycles. The van der Waals surface area contributed by atoms with E-state index < -0.39 is 39.5 Å². The van der Waals surface area contributed by atoms with E-state index in [0.29, 0.717) is 9.87 Å². The first kappa shape index (κ1) is 15.4. The van der Waals surface area contributed by atoms with Gasteiger partial charge in [-0.1, -0.05) is 24.3 Å². The van der Waals surface area contributed by atoms with Crippen molar-refractivity contribution in [3.05, 3.63) is 41.1 Å². The summed E-state index contributed by atoms with van der Waals surface area (Å²) in [6.45, 7) is 0.519. The van der Waals surface area contributed by atoms with Crippen LogP contribution in [0, 0.1) is 6.92 Å². The van der Waals surface area contributed by atoms with Crippen LogP contribution in [-0.2, 0) is 10.0 Å². The monoisotopic (exact) mass is 343 g/mol. The van der Waals surface area contributed by atoms with E-state index in [0.717, 1.165) is 0 Å². The molecule has 0 aliphatic carbocycles. The van der Waals surface area contributed by atoms with Crippen molar-refractivity contribution >= 4 is 26.5 Å². The van der Waals surface area contributed by atoms with Crippen LogP contribution in [0.4, 0.5) is 14.6 Å². The number of nitrogens with zero attached hydrogens (tertiary/aromatic N) is 3. The molecule has 2 aromatic rings. The van der Waals surface area contributed by atoms with Gasteiger partial charge in [-0.15, -0.1) is 0 Å². The molecule has 1 aliphatic heterocycles. The van der Waals surface area contributed by atoms with E-state index >= 15 is 0 Å². The van der Waals surface area contributed by atoms with E-state index in [2.05, 4.69) is 14.9 Å². The summed E-state index contributed by atoms with van der Waals surface area (Å²) in [7, 11) is -4.45. The lowest BCUT2D eigenvalue weighted by atomic mass is 10.1. The predicted octanol–water partition coefficient (Wildman–Crippen LogP) is 2.18. The molecule has 0 fully saturated rings. The number of sulfonamides is 1. The summed E-state index contributed by atoms with van der Waals surface area (Å²) in [6.07, 6.45) is -2.94. The van der Waals surface area contributed by atoms with Gasteiger partial charge in [-0.2, -0.15) is 0 Å². The Kier molecular flexibility index (Phi) is 3.55. The summed E-state index contributed by atoms with van der Waals surface area (Å²) in [5, 5.41) is 17.0. The fourth-order valence-corrected chi connectivity index (χ4v) is 4.08. The van der Waals surface area contributed by atoms with Gasteiger partial charge < -0.3 is 5.11 Å². The average Bonchev–Trinajstić information content (AvgIpc) is 2.94. The number of aliphatic hydroxyl groups is 1. The Morgan fingerprint density at radius 2 is 2.00 bits per heavy atom. The lowest BCUT2D eigenvalue weighted by Gasteiger charge is -2.27. The van der Waals surface area contributed by atoms with E-state index in [1.165, 1.54) is 6.07 Å². The molecule has 0 saturated heterocycles.